The van der Waals surface area contributed by atoms with Gasteiger partial charge in [0, 0.05) is 50.1 Å². The Morgan fingerprint density at radius 1 is 1.24 bits per heavy atom. The summed E-state index contributed by atoms with van der Waals surface area (Å²) in [6, 6.07) is 3.41. The van der Waals surface area contributed by atoms with E-state index in [2.05, 4.69) is 15.0 Å². The average molecular weight is 403 g/mol. The fraction of sp³-hybridized carbons (Fsp3) is 0.263. The molecule has 0 unspecified atom stereocenters. The zero-order valence-corrected chi connectivity index (χ0v) is 15.4. The van der Waals surface area contributed by atoms with Crippen LogP contribution in [0.2, 0.25) is 0 Å². The first-order chi connectivity index (χ1) is 14.0. The summed E-state index contributed by atoms with van der Waals surface area (Å²) in [5.41, 5.74) is 1.19. The van der Waals surface area contributed by atoms with E-state index in [4.69, 9.17) is 9.90 Å². The quantitative estimate of drug-likeness (QED) is 0.637. The zero-order valence-electron chi connectivity index (χ0n) is 15.4. The predicted molar refractivity (Wildman–Crippen MR) is 99.7 cm³/mol. The summed E-state index contributed by atoms with van der Waals surface area (Å²) in [4.78, 5) is 33.6. The van der Waals surface area contributed by atoms with E-state index in [1.54, 1.807) is 18.7 Å². The Morgan fingerprint density at radius 2 is 2.03 bits per heavy atom. The van der Waals surface area contributed by atoms with E-state index in [1.165, 1.54) is 12.1 Å². The van der Waals surface area contributed by atoms with E-state index in [1.807, 2.05) is 9.47 Å². The number of hydrogen-bond acceptors (Lipinski definition) is 4. The van der Waals surface area contributed by atoms with Crippen LogP contribution < -0.4 is 0 Å². The summed E-state index contributed by atoms with van der Waals surface area (Å²) in [6.45, 7) is 1.56. The minimum atomic E-state index is -0.683. The van der Waals surface area contributed by atoms with Crippen molar-refractivity contribution in [3.8, 4) is 22.8 Å². The highest BCUT2D eigenvalue weighted by atomic mass is 19.1. The monoisotopic (exact) mass is 403 g/mol. The first-order valence-corrected chi connectivity index (χ1v) is 8.91. The van der Waals surface area contributed by atoms with Gasteiger partial charge in [-0.2, -0.15) is 0 Å². The molecule has 0 aliphatic carbocycles. The molecule has 0 bridgehead atoms. The average Bonchev–Trinajstić information content (AvgIpc) is 3.41. The molecular weight excluding hydrogens is 384 g/mol. The van der Waals surface area contributed by atoms with Crippen LogP contribution in [-0.4, -0.2) is 55.0 Å². The number of hydrogen-bond donors (Lipinski definition) is 2. The second-order valence-electron chi connectivity index (χ2n) is 6.29. The third-order valence-corrected chi connectivity index (χ3v) is 4.53. The maximum Gasteiger partial charge on any atom is 0.290 e. The highest BCUT2D eigenvalue weighted by Crippen LogP contribution is 2.31. The number of amides is 1. The molecule has 1 fully saturated rings. The number of carbonyl (C=O) groups is 2. The van der Waals surface area contributed by atoms with Gasteiger partial charge in [-0.15, -0.1) is 0 Å². The Bertz CT molecular complexity index is 988. The van der Waals surface area contributed by atoms with Crippen LogP contribution in [0.25, 0.3) is 22.8 Å². The van der Waals surface area contributed by atoms with Gasteiger partial charge >= 0.3 is 0 Å². The number of nitrogens with one attached hydrogen (secondary N) is 1. The normalized spacial score (nSPS) is 13.3. The summed E-state index contributed by atoms with van der Waals surface area (Å²) in [7, 11) is 0. The molecule has 2 N–H and O–H groups in total. The SMILES string of the molecule is O=C1CCCN1CCn1cnc(-c2ccc(F)cc2F)c1-c1ncc[nH]1.O=CO. The molecular formula is C19H19F2N5O3. The van der Waals surface area contributed by atoms with Crippen LogP contribution in [0.3, 0.4) is 0 Å². The van der Waals surface area contributed by atoms with Crippen LogP contribution in [-0.2, 0) is 16.1 Å². The Morgan fingerprint density at radius 3 is 2.66 bits per heavy atom. The molecule has 2 aromatic heterocycles. The fourth-order valence-electron chi connectivity index (χ4n) is 3.24. The molecule has 4 rings (SSSR count). The number of rotatable bonds is 5. The number of halogens is 2. The minimum Gasteiger partial charge on any atom is -0.483 e. The van der Waals surface area contributed by atoms with Crippen molar-refractivity contribution in [3.05, 3.63) is 48.6 Å². The minimum absolute atomic E-state index is 0.148. The lowest BCUT2D eigenvalue weighted by molar-refractivity contribution is -0.127. The van der Waals surface area contributed by atoms with Gasteiger partial charge in [-0.25, -0.2) is 18.7 Å². The molecule has 152 valence electrons. The molecule has 1 aliphatic heterocycles. The summed E-state index contributed by atoms with van der Waals surface area (Å²) >= 11 is 0. The van der Waals surface area contributed by atoms with E-state index in [0.717, 1.165) is 19.0 Å². The molecule has 8 nitrogen and oxygen atoms in total. The molecule has 29 heavy (non-hydrogen) atoms. The molecule has 1 aliphatic rings. The third kappa shape index (κ3) is 4.48. The first-order valence-electron chi connectivity index (χ1n) is 8.91. The van der Waals surface area contributed by atoms with E-state index < -0.39 is 11.6 Å². The molecule has 1 amide bonds. The van der Waals surface area contributed by atoms with Crippen molar-refractivity contribution < 1.29 is 23.5 Å². The van der Waals surface area contributed by atoms with Crippen LogP contribution in [0.4, 0.5) is 8.78 Å². The van der Waals surface area contributed by atoms with Gasteiger partial charge in [-0.1, -0.05) is 0 Å². The fourth-order valence-corrected chi connectivity index (χ4v) is 3.24. The summed E-state index contributed by atoms with van der Waals surface area (Å²) in [6.07, 6.45) is 6.32. The van der Waals surface area contributed by atoms with Crippen molar-refractivity contribution in [1.29, 1.82) is 0 Å². The van der Waals surface area contributed by atoms with Gasteiger partial charge in [0.25, 0.3) is 6.47 Å². The number of carbonyl (C=O) groups excluding carboxylic acids is 1. The highest BCUT2D eigenvalue weighted by Gasteiger charge is 2.23. The van der Waals surface area contributed by atoms with Gasteiger partial charge in [0.15, 0.2) is 5.82 Å². The Balaban J connectivity index is 0.000000755. The van der Waals surface area contributed by atoms with E-state index in [9.17, 15) is 13.6 Å². The number of carboxylic acid groups (broad SMARTS) is 1. The second kappa shape index (κ2) is 9.09. The topological polar surface area (TPSA) is 104 Å². The van der Waals surface area contributed by atoms with Crippen LogP contribution >= 0.6 is 0 Å². The molecule has 3 aromatic rings. The lowest BCUT2D eigenvalue weighted by atomic mass is 10.1. The Labute approximate surface area is 164 Å². The molecule has 10 heteroatoms. The van der Waals surface area contributed by atoms with Crippen LogP contribution in [0.5, 0.6) is 0 Å². The van der Waals surface area contributed by atoms with Gasteiger partial charge < -0.3 is 19.6 Å². The molecule has 3 heterocycles. The lowest BCUT2D eigenvalue weighted by Crippen LogP contribution is -2.28. The van der Waals surface area contributed by atoms with Crippen molar-refractivity contribution in [1.82, 2.24) is 24.4 Å². The van der Waals surface area contributed by atoms with Crippen molar-refractivity contribution >= 4 is 12.4 Å². The van der Waals surface area contributed by atoms with Crippen molar-refractivity contribution in [2.75, 3.05) is 13.1 Å². The van der Waals surface area contributed by atoms with Crippen LogP contribution in [0.15, 0.2) is 36.9 Å². The summed E-state index contributed by atoms with van der Waals surface area (Å²) in [5.74, 6) is -0.640. The third-order valence-electron chi connectivity index (χ3n) is 4.53. The highest BCUT2D eigenvalue weighted by molar-refractivity contribution is 5.78. The number of aromatic nitrogens is 4. The predicted octanol–water partition coefficient (Wildman–Crippen LogP) is 2.54. The van der Waals surface area contributed by atoms with E-state index in [0.29, 0.717) is 36.7 Å². The Hall–Kier alpha value is -3.56. The van der Waals surface area contributed by atoms with Crippen molar-refractivity contribution in [3.63, 3.8) is 0 Å². The van der Waals surface area contributed by atoms with Crippen LogP contribution in [0, 0.1) is 11.6 Å². The van der Waals surface area contributed by atoms with E-state index >= 15 is 0 Å². The van der Waals surface area contributed by atoms with Crippen LogP contribution in [0.1, 0.15) is 12.8 Å². The number of imidazole rings is 2. The summed E-state index contributed by atoms with van der Waals surface area (Å²) in [5, 5.41) is 6.89. The van der Waals surface area contributed by atoms with Crippen molar-refractivity contribution in [2.24, 2.45) is 0 Å². The lowest BCUT2D eigenvalue weighted by Gasteiger charge is -2.16. The maximum atomic E-state index is 14.3. The molecule has 0 atom stereocenters. The van der Waals surface area contributed by atoms with E-state index in [-0.39, 0.29) is 17.9 Å². The number of aromatic amines is 1. The maximum absolute atomic E-state index is 14.3. The van der Waals surface area contributed by atoms with Gasteiger partial charge in [-0.05, 0) is 18.6 Å². The molecule has 0 spiro atoms. The molecule has 1 saturated heterocycles. The summed E-state index contributed by atoms with van der Waals surface area (Å²) < 4.78 is 29.4. The number of benzene rings is 1. The molecule has 0 radical (unpaired) electrons. The van der Waals surface area contributed by atoms with Crippen molar-refractivity contribution in [2.45, 2.75) is 19.4 Å². The number of nitrogens with zero attached hydrogens (tertiary/aromatic N) is 4. The van der Waals surface area contributed by atoms with Gasteiger partial charge in [-0.3, -0.25) is 9.59 Å². The van der Waals surface area contributed by atoms with Gasteiger partial charge in [0.2, 0.25) is 5.91 Å². The number of likely N-dealkylation sites (tertiary alicyclic amines) is 1. The largest absolute Gasteiger partial charge is 0.483 e. The Kier molecular flexibility index (Phi) is 6.32. The van der Waals surface area contributed by atoms with Gasteiger partial charge in [0.05, 0.1) is 6.33 Å². The number of H-pyrrole nitrogens is 1. The van der Waals surface area contributed by atoms with Gasteiger partial charge in [0.1, 0.15) is 23.0 Å². The zero-order chi connectivity index (χ0) is 20.8. The second-order valence-corrected chi connectivity index (χ2v) is 6.29. The smallest absolute Gasteiger partial charge is 0.290 e. The standard InChI is InChI=1S/C18H17F2N5O.CH2O2/c19-12-3-4-13(14(20)10-12)16-17(18-21-5-6-22-18)25(11-23-16)9-8-24-7-1-2-15(24)26;2-1-3/h3-6,10-11H,1-2,7-9H2,(H,21,22);1H,(H,2,3). The first kappa shape index (κ1) is 20.2. The molecule has 1 aromatic carbocycles. The molecule has 0 saturated carbocycles.